The van der Waals surface area contributed by atoms with Crippen molar-refractivity contribution in [3.63, 3.8) is 0 Å². The first kappa shape index (κ1) is 13.8. The first-order valence-corrected chi connectivity index (χ1v) is 7.76. The monoisotopic (exact) mass is 299 g/mol. The maximum atomic E-state index is 4.64. The number of hydrogen-bond donors (Lipinski definition) is 1. The summed E-state index contributed by atoms with van der Waals surface area (Å²) >= 11 is 1.63. The Bertz CT molecular complexity index is 725. The van der Waals surface area contributed by atoms with Crippen LogP contribution in [0.15, 0.2) is 35.8 Å². The van der Waals surface area contributed by atoms with Crippen molar-refractivity contribution in [3.8, 4) is 0 Å². The van der Waals surface area contributed by atoms with Gasteiger partial charge < -0.3 is 10.2 Å². The lowest BCUT2D eigenvalue weighted by Crippen LogP contribution is -2.19. The fourth-order valence-corrected chi connectivity index (χ4v) is 2.94. The lowest BCUT2D eigenvalue weighted by atomic mass is 10.3. The quantitative estimate of drug-likeness (QED) is 0.784. The summed E-state index contributed by atoms with van der Waals surface area (Å²) < 4.78 is 0. The second kappa shape index (κ2) is 6.05. The number of pyridine rings is 1. The van der Waals surface area contributed by atoms with Gasteiger partial charge >= 0.3 is 0 Å². The average molecular weight is 299 g/mol. The summed E-state index contributed by atoms with van der Waals surface area (Å²) in [5, 5.41) is 6.32. The van der Waals surface area contributed by atoms with Gasteiger partial charge in [-0.3, -0.25) is 4.98 Å². The summed E-state index contributed by atoms with van der Waals surface area (Å²) in [5.41, 5.74) is 1.02. The van der Waals surface area contributed by atoms with E-state index in [1.165, 1.54) is 0 Å². The maximum Gasteiger partial charge on any atom is 0.226 e. The minimum Gasteiger partial charge on any atom is -0.354 e. The predicted octanol–water partition coefficient (Wildman–Crippen LogP) is 3.15. The second-order valence-electron chi connectivity index (χ2n) is 4.72. The summed E-state index contributed by atoms with van der Waals surface area (Å²) in [7, 11) is 2.03. The first-order valence-electron chi connectivity index (χ1n) is 6.88. The van der Waals surface area contributed by atoms with Crippen LogP contribution in [0.3, 0.4) is 0 Å². The molecule has 0 unspecified atom stereocenters. The molecule has 108 valence electrons. The zero-order valence-electron chi connectivity index (χ0n) is 12.1. The SMILES string of the molecule is CCNc1nc(N(C)Cc2ccccn2)c2ccsc2n1. The van der Waals surface area contributed by atoms with Crippen LogP contribution in [-0.2, 0) is 6.54 Å². The molecule has 0 aliphatic heterocycles. The van der Waals surface area contributed by atoms with Crippen molar-refractivity contribution in [2.24, 2.45) is 0 Å². The molecule has 6 heteroatoms. The highest BCUT2D eigenvalue weighted by Gasteiger charge is 2.13. The molecule has 3 rings (SSSR count). The standard InChI is InChI=1S/C15H17N5S/c1-3-16-15-18-13(12-7-9-21-14(12)19-15)20(2)10-11-6-4-5-8-17-11/h4-9H,3,10H2,1-2H3,(H,16,18,19). The predicted molar refractivity (Wildman–Crippen MR) is 87.9 cm³/mol. The van der Waals surface area contributed by atoms with E-state index in [0.717, 1.165) is 28.3 Å². The Labute approximate surface area is 127 Å². The van der Waals surface area contributed by atoms with Gasteiger partial charge in [-0.1, -0.05) is 6.07 Å². The molecule has 3 aromatic rings. The van der Waals surface area contributed by atoms with Crippen LogP contribution in [0.2, 0.25) is 0 Å². The highest BCUT2D eigenvalue weighted by Crippen LogP contribution is 2.29. The smallest absolute Gasteiger partial charge is 0.226 e. The van der Waals surface area contributed by atoms with Crippen molar-refractivity contribution < 1.29 is 0 Å². The Hall–Kier alpha value is -2.21. The van der Waals surface area contributed by atoms with Crippen LogP contribution in [-0.4, -0.2) is 28.5 Å². The Morgan fingerprint density at radius 1 is 1.24 bits per heavy atom. The number of hydrogen-bond acceptors (Lipinski definition) is 6. The molecule has 0 saturated heterocycles. The Balaban J connectivity index is 1.96. The molecule has 21 heavy (non-hydrogen) atoms. The third kappa shape index (κ3) is 2.95. The third-order valence-electron chi connectivity index (χ3n) is 3.13. The van der Waals surface area contributed by atoms with Gasteiger partial charge in [0.05, 0.1) is 17.6 Å². The average Bonchev–Trinajstić information content (AvgIpc) is 2.96. The lowest BCUT2D eigenvalue weighted by Gasteiger charge is -2.19. The summed E-state index contributed by atoms with van der Waals surface area (Å²) in [5.74, 6) is 1.61. The van der Waals surface area contributed by atoms with Gasteiger partial charge in [-0.15, -0.1) is 11.3 Å². The summed E-state index contributed by atoms with van der Waals surface area (Å²) in [6.45, 7) is 3.56. The third-order valence-corrected chi connectivity index (χ3v) is 3.93. The summed E-state index contributed by atoms with van der Waals surface area (Å²) in [6.07, 6.45) is 1.81. The minimum atomic E-state index is 0.676. The van der Waals surface area contributed by atoms with Gasteiger partial charge in [0.2, 0.25) is 5.95 Å². The second-order valence-corrected chi connectivity index (χ2v) is 5.61. The first-order chi connectivity index (χ1) is 10.3. The van der Waals surface area contributed by atoms with E-state index >= 15 is 0 Å². The fourth-order valence-electron chi connectivity index (χ4n) is 2.18. The maximum absolute atomic E-state index is 4.64. The van der Waals surface area contributed by atoms with Gasteiger partial charge in [-0.2, -0.15) is 4.98 Å². The molecule has 0 atom stereocenters. The molecule has 0 bridgehead atoms. The molecular weight excluding hydrogens is 282 g/mol. The van der Waals surface area contributed by atoms with Crippen LogP contribution >= 0.6 is 11.3 Å². The molecule has 0 fully saturated rings. The Morgan fingerprint density at radius 3 is 2.90 bits per heavy atom. The number of rotatable bonds is 5. The summed E-state index contributed by atoms with van der Waals surface area (Å²) in [6, 6.07) is 8.02. The van der Waals surface area contributed by atoms with Gasteiger partial charge in [0.25, 0.3) is 0 Å². The topological polar surface area (TPSA) is 53.9 Å². The number of anilines is 2. The summed E-state index contributed by atoms with van der Waals surface area (Å²) in [4.78, 5) is 16.7. The van der Waals surface area contributed by atoms with Crippen molar-refractivity contribution in [3.05, 3.63) is 41.5 Å². The van der Waals surface area contributed by atoms with E-state index in [2.05, 4.69) is 31.2 Å². The molecule has 3 heterocycles. The van der Waals surface area contributed by atoms with Crippen LogP contribution in [0.25, 0.3) is 10.2 Å². The van der Waals surface area contributed by atoms with Gasteiger partial charge in [0.1, 0.15) is 10.6 Å². The van der Waals surface area contributed by atoms with E-state index in [4.69, 9.17) is 0 Å². The Morgan fingerprint density at radius 2 is 2.14 bits per heavy atom. The molecule has 0 spiro atoms. The molecule has 5 nitrogen and oxygen atoms in total. The van der Waals surface area contributed by atoms with Crippen LogP contribution in [0, 0.1) is 0 Å². The number of nitrogens with zero attached hydrogens (tertiary/aromatic N) is 4. The Kier molecular flexibility index (Phi) is 3.96. The van der Waals surface area contributed by atoms with Crippen LogP contribution < -0.4 is 10.2 Å². The zero-order valence-corrected chi connectivity index (χ0v) is 12.9. The highest BCUT2D eigenvalue weighted by atomic mass is 32.1. The molecule has 0 amide bonds. The fraction of sp³-hybridized carbons (Fsp3) is 0.267. The molecular formula is C15H17N5S. The van der Waals surface area contributed by atoms with E-state index in [1.807, 2.05) is 43.7 Å². The van der Waals surface area contributed by atoms with E-state index in [0.29, 0.717) is 12.5 Å². The van der Waals surface area contributed by atoms with E-state index in [-0.39, 0.29) is 0 Å². The van der Waals surface area contributed by atoms with E-state index < -0.39 is 0 Å². The lowest BCUT2D eigenvalue weighted by molar-refractivity contribution is 0.868. The number of aromatic nitrogens is 3. The van der Waals surface area contributed by atoms with Crippen molar-refractivity contribution in [1.29, 1.82) is 0 Å². The molecule has 0 aromatic carbocycles. The van der Waals surface area contributed by atoms with Crippen LogP contribution in [0.1, 0.15) is 12.6 Å². The molecule has 0 saturated carbocycles. The minimum absolute atomic E-state index is 0.676. The molecule has 0 aliphatic carbocycles. The normalized spacial score (nSPS) is 10.8. The van der Waals surface area contributed by atoms with Gasteiger partial charge in [0.15, 0.2) is 0 Å². The van der Waals surface area contributed by atoms with Gasteiger partial charge in [0, 0.05) is 19.8 Å². The molecule has 3 aromatic heterocycles. The van der Waals surface area contributed by atoms with Crippen molar-refractivity contribution >= 4 is 33.3 Å². The number of thiophene rings is 1. The number of fused-ring (bicyclic) bond motifs is 1. The molecule has 1 N–H and O–H groups in total. The zero-order chi connectivity index (χ0) is 14.7. The van der Waals surface area contributed by atoms with E-state index in [9.17, 15) is 0 Å². The molecule has 0 aliphatic rings. The highest BCUT2D eigenvalue weighted by molar-refractivity contribution is 7.16. The van der Waals surface area contributed by atoms with Gasteiger partial charge in [-0.05, 0) is 30.5 Å². The van der Waals surface area contributed by atoms with Crippen molar-refractivity contribution in [2.45, 2.75) is 13.5 Å². The number of nitrogens with one attached hydrogen (secondary N) is 1. The molecule has 0 radical (unpaired) electrons. The van der Waals surface area contributed by atoms with Crippen molar-refractivity contribution in [1.82, 2.24) is 15.0 Å². The van der Waals surface area contributed by atoms with Crippen molar-refractivity contribution in [2.75, 3.05) is 23.8 Å². The van der Waals surface area contributed by atoms with Crippen LogP contribution in [0.4, 0.5) is 11.8 Å². The van der Waals surface area contributed by atoms with Gasteiger partial charge in [-0.25, -0.2) is 4.98 Å². The van der Waals surface area contributed by atoms with E-state index in [1.54, 1.807) is 11.3 Å². The largest absolute Gasteiger partial charge is 0.354 e. The van der Waals surface area contributed by atoms with Crippen LogP contribution in [0.5, 0.6) is 0 Å².